The summed E-state index contributed by atoms with van der Waals surface area (Å²) in [4.78, 5) is 12.1. The van der Waals surface area contributed by atoms with Crippen molar-refractivity contribution in [2.24, 2.45) is 0 Å². The summed E-state index contributed by atoms with van der Waals surface area (Å²) in [5, 5.41) is 15.4. The quantitative estimate of drug-likeness (QED) is 0.708. The number of nitriles is 1. The van der Waals surface area contributed by atoms with Crippen LogP contribution in [0.2, 0.25) is 0 Å². The van der Waals surface area contributed by atoms with Crippen molar-refractivity contribution >= 4 is 5.91 Å². The van der Waals surface area contributed by atoms with Gasteiger partial charge in [-0.15, -0.1) is 0 Å². The first-order valence-electron chi connectivity index (χ1n) is 7.62. The lowest BCUT2D eigenvalue weighted by molar-refractivity contribution is 0.0944. The Morgan fingerprint density at radius 1 is 1.25 bits per heavy atom. The smallest absolute Gasteiger partial charge is 0.273 e. The van der Waals surface area contributed by atoms with Crippen LogP contribution in [-0.4, -0.2) is 22.2 Å². The normalized spacial score (nSPS) is 10.3. The third-order valence-electron chi connectivity index (χ3n) is 3.59. The predicted octanol–water partition coefficient (Wildman–Crippen LogP) is 2.83. The Bertz CT molecular complexity index is 842. The largest absolute Gasteiger partial charge is 0.355 e. The molecule has 0 bridgehead atoms. The third-order valence-corrected chi connectivity index (χ3v) is 3.59. The van der Waals surface area contributed by atoms with Gasteiger partial charge < -0.3 is 14.4 Å². The second-order valence-electron chi connectivity index (χ2n) is 5.30. The topological polar surface area (TPSA) is 83.9 Å². The highest BCUT2D eigenvalue weighted by atomic mass is 16.5. The predicted molar refractivity (Wildman–Crippen MR) is 88.0 cm³/mol. The van der Waals surface area contributed by atoms with Crippen molar-refractivity contribution in [2.75, 3.05) is 6.54 Å². The number of rotatable bonds is 6. The molecule has 120 valence electrons. The number of carbonyl (C=O) groups is 1. The van der Waals surface area contributed by atoms with Crippen LogP contribution >= 0.6 is 0 Å². The van der Waals surface area contributed by atoms with Crippen molar-refractivity contribution in [3.05, 3.63) is 66.1 Å². The minimum absolute atomic E-state index is 0.246. The highest BCUT2D eigenvalue weighted by molar-refractivity contribution is 5.93. The van der Waals surface area contributed by atoms with Gasteiger partial charge in [-0.3, -0.25) is 4.79 Å². The molecule has 1 N–H and O–H groups in total. The van der Waals surface area contributed by atoms with Gasteiger partial charge in [-0.05, 0) is 42.8 Å². The third kappa shape index (κ3) is 3.70. The lowest BCUT2D eigenvalue weighted by Gasteiger charge is -2.04. The summed E-state index contributed by atoms with van der Waals surface area (Å²) in [6.45, 7) is 1.42. The first kappa shape index (κ1) is 15.6. The van der Waals surface area contributed by atoms with E-state index in [0.29, 0.717) is 17.9 Å². The summed E-state index contributed by atoms with van der Waals surface area (Å²) in [5.74, 6) is 0.239. The molecule has 0 saturated carbocycles. The zero-order valence-electron chi connectivity index (χ0n) is 13.0. The van der Waals surface area contributed by atoms with Gasteiger partial charge in [-0.1, -0.05) is 5.16 Å². The van der Waals surface area contributed by atoms with Crippen LogP contribution in [0.5, 0.6) is 0 Å². The van der Waals surface area contributed by atoms with Crippen LogP contribution in [0.1, 0.15) is 22.5 Å². The number of nitrogens with one attached hydrogen (secondary N) is 1. The van der Waals surface area contributed by atoms with Gasteiger partial charge >= 0.3 is 0 Å². The summed E-state index contributed by atoms with van der Waals surface area (Å²) in [6, 6.07) is 14.5. The Morgan fingerprint density at radius 2 is 2.00 bits per heavy atom. The molecule has 2 heterocycles. The van der Waals surface area contributed by atoms with Gasteiger partial charge in [0, 0.05) is 37.1 Å². The molecule has 0 aliphatic carbocycles. The Kier molecular flexibility index (Phi) is 4.73. The van der Waals surface area contributed by atoms with Crippen LogP contribution in [0.15, 0.2) is 59.4 Å². The summed E-state index contributed by atoms with van der Waals surface area (Å²) in [7, 11) is 0. The lowest BCUT2D eigenvalue weighted by Crippen LogP contribution is -2.25. The first-order chi connectivity index (χ1) is 11.8. The van der Waals surface area contributed by atoms with Gasteiger partial charge in [0.2, 0.25) is 0 Å². The molecular formula is C18H16N4O2. The van der Waals surface area contributed by atoms with E-state index in [-0.39, 0.29) is 11.6 Å². The van der Waals surface area contributed by atoms with E-state index in [1.165, 1.54) is 0 Å². The van der Waals surface area contributed by atoms with Crippen LogP contribution < -0.4 is 5.32 Å². The SMILES string of the molecule is N#Cc1ccc(-c2cc(C(=O)NCCCn3cccc3)no2)cc1. The second-order valence-corrected chi connectivity index (χ2v) is 5.30. The number of nitrogens with zero attached hydrogens (tertiary/aromatic N) is 3. The standard InChI is InChI=1S/C18H16N4O2/c19-13-14-4-6-15(7-5-14)17-12-16(21-24-17)18(23)20-8-3-11-22-9-1-2-10-22/h1-2,4-7,9-10,12H,3,8,11H2,(H,20,23). The molecule has 6 heteroatoms. The number of benzene rings is 1. The van der Waals surface area contributed by atoms with Crippen LogP contribution in [0.4, 0.5) is 0 Å². The fourth-order valence-electron chi connectivity index (χ4n) is 2.30. The van der Waals surface area contributed by atoms with Gasteiger partial charge in [0.05, 0.1) is 11.6 Å². The van der Waals surface area contributed by atoms with Crippen molar-refractivity contribution in [3.63, 3.8) is 0 Å². The van der Waals surface area contributed by atoms with E-state index in [0.717, 1.165) is 18.5 Å². The Hall–Kier alpha value is -3.33. The molecule has 0 fully saturated rings. The number of amides is 1. The molecule has 0 radical (unpaired) electrons. The molecule has 0 spiro atoms. The molecule has 0 unspecified atom stereocenters. The number of aryl methyl sites for hydroxylation is 1. The number of hydrogen-bond acceptors (Lipinski definition) is 4. The van der Waals surface area contributed by atoms with E-state index in [2.05, 4.69) is 21.1 Å². The molecule has 6 nitrogen and oxygen atoms in total. The Balaban J connectivity index is 1.54. The zero-order valence-corrected chi connectivity index (χ0v) is 13.0. The minimum atomic E-state index is -0.258. The Labute approximate surface area is 139 Å². The van der Waals surface area contributed by atoms with Crippen LogP contribution in [0.25, 0.3) is 11.3 Å². The number of carbonyl (C=O) groups excluding carboxylic acids is 1. The van der Waals surface area contributed by atoms with Gasteiger partial charge in [0.25, 0.3) is 5.91 Å². The van der Waals surface area contributed by atoms with Crippen molar-refractivity contribution in [2.45, 2.75) is 13.0 Å². The molecule has 1 aromatic carbocycles. The maximum atomic E-state index is 12.1. The summed E-state index contributed by atoms with van der Waals surface area (Å²) < 4.78 is 7.27. The zero-order chi connectivity index (χ0) is 16.8. The van der Waals surface area contributed by atoms with Gasteiger partial charge in [0.15, 0.2) is 11.5 Å². The van der Waals surface area contributed by atoms with Crippen LogP contribution in [0.3, 0.4) is 0 Å². The molecule has 0 aliphatic heterocycles. The minimum Gasteiger partial charge on any atom is -0.355 e. The highest BCUT2D eigenvalue weighted by Crippen LogP contribution is 2.20. The van der Waals surface area contributed by atoms with E-state index in [9.17, 15) is 4.79 Å². The fourth-order valence-corrected chi connectivity index (χ4v) is 2.30. The second kappa shape index (κ2) is 7.29. The summed E-state index contributed by atoms with van der Waals surface area (Å²) in [5.41, 5.74) is 1.59. The van der Waals surface area contributed by atoms with E-state index >= 15 is 0 Å². The summed E-state index contributed by atoms with van der Waals surface area (Å²) >= 11 is 0. The van der Waals surface area contributed by atoms with Crippen molar-refractivity contribution in [1.29, 1.82) is 5.26 Å². The number of aromatic nitrogens is 2. The maximum Gasteiger partial charge on any atom is 0.273 e. The molecule has 0 atom stereocenters. The molecule has 3 rings (SSSR count). The van der Waals surface area contributed by atoms with Crippen LogP contribution in [0, 0.1) is 11.3 Å². The molecule has 3 aromatic rings. The van der Waals surface area contributed by atoms with E-state index < -0.39 is 0 Å². The Morgan fingerprint density at radius 3 is 2.71 bits per heavy atom. The van der Waals surface area contributed by atoms with Crippen molar-refractivity contribution < 1.29 is 9.32 Å². The van der Waals surface area contributed by atoms with Crippen LogP contribution in [-0.2, 0) is 6.54 Å². The number of hydrogen-bond donors (Lipinski definition) is 1. The molecular weight excluding hydrogens is 304 g/mol. The molecule has 2 aromatic heterocycles. The van der Waals surface area contributed by atoms with Gasteiger partial charge in [-0.25, -0.2) is 0 Å². The van der Waals surface area contributed by atoms with Crippen molar-refractivity contribution in [3.8, 4) is 17.4 Å². The average molecular weight is 320 g/mol. The summed E-state index contributed by atoms with van der Waals surface area (Å²) in [6.07, 6.45) is 4.81. The average Bonchev–Trinajstić information content (AvgIpc) is 3.30. The molecule has 1 amide bonds. The highest BCUT2D eigenvalue weighted by Gasteiger charge is 2.13. The molecule has 0 aliphatic rings. The molecule has 24 heavy (non-hydrogen) atoms. The monoisotopic (exact) mass is 320 g/mol. The van der Waals surface area contributed by atoms with E-state index in [4.69, 9.17) is 9.78 Å². The first-order valence-corrected chi connectivity index (χ1v) is 7.62. The lowest BCUT2D eigenvalue weighted by atomic mass is 10.1. The molecule has 0 saturated heterocycles. The van der Waals surface area contributed by atoms with Crippen molar-refractivity contribution in [1.82, 2.24) is 15.0 Å². The van der Waals surface area contributed by atoms with E-state index in [1.807, 2.05) is 24.5 Å². The van der Waals surface area contributed by atoms with Gasteiger partial charge in [0.1, 0.15) is 0 Å². The maximum absolute atomic E-state index is 12.1. The van der Waals surface area contributed by atoms with Gasteiger partial charge in [-0.2, -0.15) is 5.26 Å². The fraction of sp³-hybridized carbons (Fsp3) is 0.167. The van der Waals surface area contributed by atoms with E-state index in [1.54, 1.807) is 30.3 Å².